The number of carbonyl (C=O) groups excluding carboxylic acids is 2. The predicted octanol–water partition coefficient (Wildman–Crippen LogP) is 3.87. The number of hydrogen-bond donors (Lipinski definition) is 0. The van der Waals surface area contributed by atoms with E-state index in [1.807, 2.05) is 49.4 Å². The Balaban J connectivity index is 1.57. The second-order valence-corrected chi connectivity index (χ2v) is 8.57. The van der Waals surface area contributed by atoms with Crippen LogP contribution in [-0.4, -0.2) is 59.3 Å². The van der Waals surface area contributed by atoms with Gasteiger partial charge in [0.1, 0.15) is 11.5 Å². The number of aromatic nitrogens is 1. The van der Waals surface area contributed by atoms with Gasteiger partial charge in [0, 0.05) is 38.9 Å². The van der Waals surface area contributed by atoms with Gasteiger partial charge in [-0.2, -0.15) is 0 Å². The van der Waals surface area contributed by atoms with E-state index in [1.165, 1.54) is 4.90 Å². The molecule has 1 aromatic carbocycles. The summed E-state index contributed by atoms with van der Waals surface area (Å²) in [4.78, 5) is 37.1. The molecule has 3 heterocycles. The van der Waals surface area contributed by atoms with Crippen LogP contribution in [0.2, 0.25) is 0 Å². The highest BCUT2D eigenvalue weighted by Gasteiger charge is 2.41. The van der Waals surface area contributed by atoms with Crippen molar-refractivity contribution in [3.05, 3.63) is 65.5 Å². The maximum atomic E-state index is 13.5. The van der Waals surface area contributed by atoms with Crippen molar-refractivity contribution in [3.8, 4) is 0 Å². The van der Waals surface area contributed by atoms with E-state index in [0.29, 0.717) is 30.9 Å². The molecule has 168 valence electrons. The first-order valence-corrected chi connectivity index (χ1v) is 11.7. The molecule has 2 amide bonds. The Morgan fingerprint density at radius 1 is 0.844 bits per heavy atom. The number of nitrogens with zero attached hydrogens (tertiary/aromatic N) is 4. The minimum Gasteiger partial charge on any atom is -0.363 e. The number of aryl methyl sites for hydroxylation is 1. The Labute approximate surface area is 190 Å². The van der Waals surface area contributed by atoms with Crippen LogP contribution in [0.4, 0.5) is 5.82 Å². The van der Waals surface area contributed by atoms with Crippen LogP contribution in [0.5, 0.6) is 0 Å². The van der Waals surface area contributed by atoms with E-state index in [4.69, 9.17) is 0 Å². The second kappa shape index (κ2) is 9.98. The summed E-state index contributed by atoms with van der Waals surface area (Å²) in [6.07, 6.45) is 5.94. The summed E-state index contributed by atoms with van der Waals surface area (Å²) in [5, 5.41) is 0. The molecule has 1 fully saturated rings. The van der Waals surface area contributed by atoms with E-state index in [-0.39, 0.29) is 11.8 Å². The number of anilines is 1. The smallest absolute Gasteiger partial charge is 0.277 e. The van der Waals surface area contributed by atoms with Gasteiger partial charge in [-0.1, -0.05) is 62.1 Å². The van der Waals surface area contributed by atoms with E-state index in [2.05, 4.69) is 21.7 Å². The van der Waals surface area contributed by atoms with Crippen LogP contribution in [-0.2, 0) is 9.59 Å². The summed E-state index contributed by atoms with van der Waals surface area (Å²) >= 11 is 0. The molecule has 0 N–H and O–H groups in total. The summed E-state index contributed by atoms with van der Waals surface area (Å²) < 4.78 is 0. The van der Waals surface area contributed by atoms with E-state index < -0.39 is 0 Å². The van der Waals surface area contributed by atoms with Gasteiger partial charge in [-0.15, -0.1) is 0 Å². The Kier molecular flexibility index (Phi) is 6.88. The molecule has 0 bridgehead atoms. The molecular formula is C26H32N4O2. The third-order valence-corrected chi connectivity index (χ3v) is 6.29. The summed E-state index contributed by atoms with van der Waals surface area (Å²) in [6.45, 7) is 7.57. The van der Waals surface area contributed by atoms with Crippen LogP contribution in [0.15, 0.2) is 54.4 Å². The molecule has 0 aliphatic carbocycles. The summed E-state index contributed by atoms with van der Waals surface area (Å²) in [6, 6.07) is 13.8. The third-order valence-electron chi connectivity index (χ3n) is 6.29. The highest BCUT2D eigenvalue weighted by Crippen LogP contribution is 2.33. The fraction of sp³-hybridized carbons (Fsp3) is 0.423. The van der Waals surface area contributed by atoms with E-state index in [1.54, 1.807) is 6.20 Å². The summed E-state index contributed by atoms with van der Waals surface area (Å²) in [5.74, 6) is 0.650. The Morgan fingerprint density at radius 3 is 2.22 bits per heavy atom. The zero-order chi connectivity index (χ0) is 22.5. The molecule has 0 atom stereocenters. The van der Waals surface area contributed by atoms with Gasteiger partial charge < -0.3 is 9.80 Å². The van der Waals surface area contributed by atoms with Gasteiger partial charge in [0.05, 0.1) is 5.57 Å². The van der Waals surface area contributed by atoms with Gasteiger partial charge in [0.2, 0.25) is 0 Å². The first-order chi connectivity index (χ1) is 15.6. The fourth-order valence-electron chi connectivity index (χ4n) is 4.44. The molecule has 0 spiro atoms. The molecule has 1 saturated heterocycles. The molecule has 0 unspecified atom stereocenters. The number of piperazine rings is 1. The molecule has 32 heavy (non-hydrogen) atoms. The topological polar surface area (TPSA) is 56.8 Å². The van der Waals surface area contributed by atoms with Gasteiger partial charge >= 0.3 is 0 Å². The molecular weight excluding hydrogens is 400 g/mol. The average Bonchev–Trinajstić information content (AvgIpc) is 3.07. The average molecular weight is 433 g/mol. The van der Waals surface area contributed by atoms with Crippen molar-refractivity contribution >= 4 is 23.2 Å². The number of pyridine rings is 1. The lowest BCUT2D eigenvalue weighted by atomic mass is 10.0. The quantitative estimate of drug-likeness (QED) is 0.468. The van der Waals surface area contributed by atoms with Crippen LogP contribution in [0.3, 0.4) is 0 Å². The molecule has 2 aromatic rings. The predicted molar refractivity (Wildman–Crippen MR) is 127 cm³/mol. The number of amides is 2. The lowest BCUT2D eigenvalue weighted by molar-refractivity contribution is -0.137. The number of carbonyl (C=O) groups is 2. The van der Waals surface area contributed by atoms with Crippen LogP contribution >= 0.6 is 0 Å². The van der Waals surface area contributed by atoms with Gasteiger partial charge in [-0.3, -0.25) is 14.5 Å². The maximum absolute atomic E-state index is 13.5. The zero-order valence-electron chi connectivity index (χ0n) is 19.1. The maximum Gasteiger partial charge on any atom is 0.277 e. The highest BCUT2D eigenvalue weighted by atomic mass is 16.2. The Morgan fingerprint density at radius 2 is 1.56 bits per heavy atom. The Hall–Kier alpha value is -3.15. The van der Waals surface area contributed by atoms with Gasteiger partial charge in [-0.25, -0.2) is 4.98 Å². The van der Waals surface area contributed by atoms with E-state index in [9.17, 15) is 9.59 Å². The normalized spacial score (nSPS) is 17.0. The van der Waals surface area contributed by atoms with Crippen molar-refractivity contribution < 1.29 is 9.59 Å². The molecule has 0 radical (unpaired) electrons. The number of benzene rings is 1. The SMILES string of the molecule is CCCCCCN1C(=O)C(c2ccc(C)cc2)=C(N2CCN(c3ccccn3)CC2)C1=O. The third kappa shape index (κ3) is 4.54. The van der Waals surface area contributed by atoms with Crippen LogP contribution in [0, 0.1) is 6.92 Å². The first kappa shape index (κ1) is 22.1. The molecule has 2 aliphatic rings. The second-order valence-electron chi connectivity index (χ2n) is 8.57. The van der Waals surface area contributed by atoms with Gasteiger partial charge in [-0.05, 0) is 31.0 Å². The molecule has 0 saturated carbocycles. The van der Waals surface area contributed by atoms with Gasteiger partial charge in [0.15, 0.2) is 0 Å². The minimum absolute atomic E-state index is 0.145. The summed E-state index contributed by atoms with van der Waals surface area (Å²) in [5.41, 5.74) is 3.08. The number of rotatable bonds is 8. The zero-order valence-corrected chi connectivity index (χ0v) is 19.1. The van der Waals surface area contributed by atoms with Crippen molar-refractivity contribution in [2.24, 2.45) is 0 Å². The van der Waals surface area contributed by atoms with E-state index in [0.717, 1.165) is 55.7 Å². The van der Waals surface area contributed by atoms with Crippen molar-refractivity contribution in [1.82, 2.24) is 14.8 Å². The first-order valence-electron chi connectivity index (χ1n) is 11.7. The van der Waals surface area contributed by atoms with Crippen molar-refractivity contribution in [2.45, 2.75) is 39.5 Å². The molecule has 2 aliphatic heterocycles. The van der Waals surface area contributed by atoms with Gasteiger partial charge in [0.25, 0.3) is 11.8 Å². The van der Waals surface area contributed by atoms with Crippen molar-refractivity contribution in [1.29, 1.82) is 0 Å². The van der Waals surface area contributed by atoms with Crippen molar-refractivity contribution in [2.75, 3.05) is 37.6 Å². The number of imide groups is 1. The summed E-state index contributed by atoms with van der Waals surface area (Å²) in [7, 11) is 0. The minimum atomic E-state index is -0.155. The largest absolute Gasteiger partial charge is 0.363 e. The number of hydrogen-bond acceptors (Lipinski definition) is 5. The molecule has 1 aromatic heterocycles. The lowest BCUT2D eigenvalue weighted by Crippen LogP contribution is -2.48. The van der Waals surface area contributed by atoms with Crippen LogP contribution in [0.25, 0.3) is 5.57 Å². The standard InChI is InChI=1S/C26H32N4O2/c1-3-4-5-8-15-30-25(31)23(21-12-10-20(2)11-13-21)24(26(30)32)29-18-16-28(17-19-29)22-9-6-7-14-27-22/h6-7,9-14H,3-5,8,15-19H2,1-2H3. The molecule has 4 rings (SSSR count). The molecule has 6 nitrogen and oxygen atoms in total. The lowest BCUT2D eigenvalue weighted by Gasteiger charge is -2.37. The van der Waals surface area contributed by atoms with E-state index >= 15 is 0 Å². The monoisotopic (exact) mass is 432 g/mol. The van der Waals surface area contributed by atoms with Crippen molar-refractivity contribution in [3.63, 3.8) is 0 Å². The fourth-order valence-corrected chi connectivity index (χ4v) is 4.44. The molecule has 6 heteroatoms. The Bertz CT molecular complexity index is 977. The van der Waals surface area contributed by atoms with Crippen LogP contribution < -0.4 is 4.90 Å². The highest BCUT2D eigenvalue weighted by molar-refractivity contribution is 6.35. The van der Waals surface area contributed by atoms with Crippen LogP contribution in [0.1, 0.15) is 43.7 Å². The number of unbranched alkanes of at least 4 members (excludes halogenated alkanes) is 3.